The van der Waals surface area contributed by atoms with Gasteiger partial charge in [0, 0.05) is 34.3 Å². The van der Waals surface area contributed by atoms with Gasteiger partial charge in [0.25, 0.3) is 16.8 Å². The molecule has 0 spiro atoms. The van der Waals surface area contributed by atoms with Crippen molar-refractivity contribution in [3.05, 3.63) is 99.1 Å². The Hall–Kier alpha value is -4.70. The van der Waals surface area contributed by atoms with Gasteiger partial charge in [-0.3, -0.25) is 29.4 Å². The number of fused-ring (bicyclic) bond motifs is 1. The molecule has 37 heavy (non-hydrogen) atoms. The molecule has 0 saturated carbocycles. The van der Waals surface area contributed by atoms with Crippen LogP contribution in [0, 0.1) is 17.0 Å². The summed E-state index contributed by atoms with van der Waals surface area (Å²) in [6, 6.07) is 21.0. The highest BCUT2D eigenvalue weighted by molar-refractivity contribution is 8.18. The molecule has 3 aromatic carbocycles. The van der Waals surface area contributed by atoms with E-state index in [0.29, 0.717) is 40.1 Å². The quantitative estimate of drug-likeness (QED) is 0.191. The van der Waals surface area contributed by atoms with E-state index < -0.39 is 28.5 Å². The van der Waals surface area contributed by atoms with E-state index in [2.05, 4.69) is 5.32 Å². The topological polar surface area (TPSA) is 123 Å². The van der Waals surface area contributed by atoms with Crippen LogP contribution in [-0.2, 0) is 9.59 Å². The van der Waals surface area contributed by atoms with Gasteiger partial charge in [0.05, 0.1) is 9.83 Å². The van der Waals surface area contributed by atoms with Crippen LogP contribution in [0.3, 0.4) is 0 Å². The van der Waals surface area contributed by atoms with E-state index in [1.165, 1.54) is 12.1 Å². The minimum Gasteiger partial charge on any atom is -0.457 e. The maximum absolute atomic E-state index is 12.9. The summed E-state index contributed by atoms with van der Waals surface area (Å²) >= 11 is 0.710. The molecule has 5 rings (SSSR count). The zero-order valence-electron chi connectivity index (χ0n) is 19.5. The number of hydrogen-bond donors (Lipinski definition) is 1. The second kappa shape index (κ2) is 9.75. The minimum absolute atomic E-state index is 0.0293. The van der Waals surface area contributed by atoms with Crippen molar-refractivity contribution in [1.29, 1.82) is 0 Å². The van der Waals surface area contributed by atoms with Gasteiger partial charge in [0.2, 0.25) is 5.91 Å². The van der Waals surface area contributed by atoms with Crippen LogP contribution in [0.25, 0.3) is 28.2 Å². The first-order valence-corrected chi connectivity index (χ1v) is 12.0. The SMILES string of the molecule is Cc1ccc(-c2ccc(/C=C3/SC(=O)N(CC(=O)Nc4cccc5ccccc45)C3=O)o2)cc1[N+](=O)[O-]. The smallest absolute Gasteiger partial charge is 0.294 e. The van der Waals surface area contributed by atoms with Crippen molar-refractivity contribution in [2.45, 2.75) is 6.92 Å². The predicted molar refractivity (Wildman–Crippen MR) is 141 cm³/mol. The Morgan fingerprint density at radius 3 is 2.68 bits per heavy atom. The normalized spacial score (nSPS) is 14.5. The molecule has 1 N–H and O–H groups in total. The molecule has 9 nitrogen and oxygen atoms in total. The molecule has 1 aliphatic heterocycles. The summed E-state index contributed by atoms with van der Waals surface area (Å²) in [5.41, 5.74) is 1.59. The summed E-state index contributed by atoms with van der Waals surface area (Å²) in [7, 11) is 0. The number of carbonyl (C=O) groups is 3. The van der Waals surface area contributed by atoms with Crippen molar-refractivity contribution in [3.8, 4) is 11.3 Å². The van der Waals surface area contributed by atoms with Crippen LogP contribution >= 0.6 is 11.8 Å². The second-order valence-electron chi connectivity index (χ2n) is 8.30. The lowest BCUT2D eigenvalue weighted by atomic mass is 10.1. The van der Waals surface area contributed by atoms with Crippen LogP contribution in [-0.4, -0.2) is 33.4 Å². The van der Waals surface area contributed by atoms with Crippen molar-refractivity contribution in [2.75, 3.05) is 11.9 Å². The third kappa shape index (κ3) is 4.87. The summed E-state index contributed by atoms with van der Waals surface area (Å²) in [5.74, 6) is -0.430. The number of carbonyl (C=O) groups excluding carboxylic acids is 3. The summed E-state index contributed by atoms with van der Waals surface area (Å²) in [5, 5.41) is 15.2. The van der Waals surface area contributed by atoms with Crippen LogP contribution < -0.4 is 5.32 Å². The molecule has 1 saturated heterocycles. The Morgan fingerprint density at radius 1 is 1.08 bits per heavy atom. The van der Waals surface area contributed by atoms with Gasteiger partial charge in [0.1, 0.15) is 18.1 Å². The average Bonchev–Trinajstić information content (AvgIpc) is 3.44. The highest BCUT2D eigenvalue weighted by Crippen LogP contribution is 2.34. The monoisotopic (exact) mass is 513 g/mol. The van der Waals surface area contributed by atoms with E-state index in [1.807, 2.05) is 36.4 Å². The van der Waals surface area contributed by atoms with Crippen LogP contribution in [0.15, 0.2) is 82.1 Å². The third-order valence-electron chi connectivity index (χ3n) is 5.83. The molecule has 1 aliphatic rings. The Morgan fingerprint density at radius 2 is 1.86 bits per heavy atom. The fourth-order valence-corrected chi connectivity index (χ4v) is 4.80. The number of nitrogens with one attached hydrogen (secondary N) is 1. The number of nitrogens with zero attached hydrogens (tertiary/aromatic N) is 2. The van der Waals surface area contributed by atoms with Gasteiger partial charge >= 0.3 is 0 Å². The van der Waals surface area contributed by atoms with Crippen LogP contribution in [0.1, 0.15) is 11.3 Å². The molecule has 10 heteroatoms. The second-order valence-corrected chi connectivity index (χ2v) is 9.30. The standard InChI is InChI=1S/C27H19N3O6S/c1-16-9-10-18(13-22(16)30(34)35)23-12-11-19(36-23)14-24-26(32)29(27(33)37-24)15-25(31)28-21-8-4-6-17-5-2-3-7-20(17)21/h2-14H,15H2,1H3,(H,28,31)/b24-14+. The van der Waals surface area contributed by atoms with E-state index in [1.54, 1.807) is 37.3 Å². The number of hydrogen-bond acceptors (Lipinski definition) is 7. The molecule has 184 valence electrons. The molecule has 0 unspecified atom stereocenters. The Bertz CT molecular complexity index is 1620. The largest absolute Gasteiger partial charge is 0.457 e. The predicted octanol–water partition coefficient (Wildman–Crippen LogP) is 5.99. The van der Waals surface area contributed by atoms with E-state index in [4.69, 9.17) is 4.42 Å². The van der Waals surface area contributed by atoms with Crippen molar-refractivity contribution in [3.63, 3.8) is 0 Å². The molecule has 0 radical (unpaired) electrons. The Kier molecular flexibility index (Phi) is 6.33. The number of benzene rings is 3. The lowest BCUT2D eigenvalue weighted by molar-refractivity contribution is -0.385. The summed E-state index contributed by atoms with van der Waals surface area (Å²) < 4.78 is 5.75. The summed E-state index contributed by atoms with van der Waals surface area (Å²) in [4.78, 5) is 49.8. The maximum atomic E-state index is 12.9. The van der Waals surface area contributed by atoms with Crippen LogP contribution in [0.2, 0.25) is 0 Å². The number of amides is 3. The third-order valence-corrected chi connectivity index (χ3v) is 6.74. The van der Waals surface area contributed by atoms with E-state index >= 15 is 0 Å². The summed E-state index contributed by atoms with van der Waals surface area (Å²) in [6.45, 7) is 1.22. The van der Waals surface area contributed by atoms with Gasteiger partial charge in [-0.15, -0.1) is 0 Å². The van der Waals surface area contributed by atoms with E-state index in [-0.39, 0.29) is 10.6 Å². The molecule has 2 heterocycles. The number of imide groups is 1. The summed E-state index contributed by atoms with van der Waals surface area (Å²) in [6.07, 6.45) is 1.42. The van der Waals surface area contributed by atoms with Crippen molar-refractivity contribution >= 4 is 57.0 Å². The Balaban J connectivity index is 1.30. The molecule has 3 amide bonds. The van der Waals surface area contributed by atoms with Crippen molar-refractivity contribution in [2.24, 2.45) is 0 Å². The maximum Gasteiger partial charge on any atom is 0.294 e. The van der Waals surface area contributed by atoms with Crippen molar-refractivity contribution < 1.29 is 23.7 Å². The molecule has 0 aliphatic carbocycles. The fraction of sp³-hybridized carbons (Fsp3) is 0.0741. The van der Waals surface area contributed by atoms with E-state index in [9.17, 15) is 24.5 Å². The van der Waals surface area contributed by atoms with Gasteiger partial charge in [-0.05, 0) is 42.3 Å². The minimum atomic E-state index is -0.605. The number of nitro benzene ring substituents is 1. The number of thioether (sulfide) groups is 1. The first-order chi connectivity index (χ1) is 17.8. The first kappa shape index (κ1) is 24.0. The zero-order chi connectivity index (χ0) is 26.1. The zero-order valence-corrected chi connectivity index (χ0v) is 20.3. The molecule has 4 aromatic rings. The lowest BCUT2D eigenvalue weighted by Gasteiger charge is -2.13. The van der Waals surface area contributed by atoms with E-state index in [0.717, 1.165) is 15.7 Å². The van der Waals surface area contributed by atoms with Gasteiger partial charge < -0.3 is 9.73 Å². The highest BCUT2D eigenvalue weighted by atomic mass is 32.2. The molecule has 0 bridgehead atoms. The lowest BCUT2D eigenvalue weighted by Crippen LogP contribution is -2.36. The Labute approximate surface area is 214 Å². The first-order valence-electron chi connectivity index (χ1n) is 11.2. The molecular weight excluding hydrogens is 494 g/mol. The molecule has 0 atom stereocenters. The van der Waals surface area contributed by atoms with Crippen molar-refractivity contribution in [1.82, 2.24) is 4.90 Å². The number of furan rings is 1. The van der Waals surface area contributed by atoms with Crippen LogP contribution in [0.4, 0.5) is 16.2 Å². The average molecular weight is 514 g/mol. The van der Waals surface area contributed by atoms with Gasteiger partial charge in [0.15, 0.2) is 0 Å². The highest BCUT2D eigenvalue weighted by Gasteiger charge is 2.36. The number of rotatable bonds is 6. The number of nitro groups is 1. The van der Waals surface area contributed by atoms with Gasteiger partial charge in [-0.1, -0.05) is 48.5 Å². The number of aryl methyl sites for hydroxylation is 1. The molecular formula is C27H19N3O6S. The molecule has 1 fully saturated rings. The number of anilines is 1. The van der Waals surface area contributed by atoms with Gasteiger partial charge in [-0.25, -0.2) is 0 Å². The fourth-order valence-electron chi connectivity index (χ4n) is 3.98. The molecule has 1 aromatic heterocycles. The van der Waals surface area contributed by atoms with Gasteiger partial charge in [-0.2, -0.15) is 0 Å². The van der Waals surface area contributed by atoms with Crippen LogP contribution in [0.5, 0.6) is 0 Å².